The molecule has 0 aromatic heterocycles. The fraction of sp³-hybridized carbons (Fsp3) is 0.750. The summed E-state index contributed by atoms with van der Waals surface area (Å²) in [6.45, 7) is 1.88. The summed E-state index contributed by atoms with van der Waals surface area (Å²) in [7, 11) is 0. The van der Waals surface area contributed by atoms with E-state index >= 15 is 0 Å². The minimum atomic E-state index is -4.85. The van der Waals surface area contributed by atoms with Crippen LogP contribution in [-0.4, -0.2) is 24.6 Å². The molecular formula is C12H18F3NO2. The Morgan fingerprint density at radius 2 is 1.94 bits per heavy atom. The topological polar surface area (TPSA) is 38.3 Å². The van der Waals surface area contributed by atoms with Gasteiger partial charge in [0.1, 0.15) is 0 Å². The molecular weight excluding hydrogens is 247 g/mol. The second kappa shape index (κ2) is 6.66. The van der Waals surface area contributed by atoms with E-state index in [2.05, 4.69) is 5.32 Å². The first-order valence-electron chi connectivity index (χ1n) is 6.15. The van der Waals surface area contributed by atoms with Gasteiger partial charge in [0.05, 0.1) is 12.7 Å². The van der Waals surface area contributed by atoms with Gasteiger partial charge in [-0.3, -0.25) is 4.79 Å². The fourth-order valence-electron chi connectivity index (χ4n) is 1.93. The van der Waals surface area contributed by atoms with Gasteiger partial charge < -0.3 is 10.1 Å². The highest BCUT2D eigenvalue weighted by Crippen LogP contribution is 2.20. The maximum atomic E-state index is 12.2. The van der Waals surface area contributed by atoms with Crippen LogP contribution >= 0.6 is 0 Å². The maximum absolute atomic E-state index is 12.2. The molecule has 0 aromatic carbocycles. The molecule has 0 atom stereocenters. The Bertz CT molecular complexity index is 307. The largest absolute Gasteiger partial charge is 0.479 e. The molecule has 1 rings (SSSR count). The van der Waals surface area contributed by atoms with Crippen LogP contribution in [0.4, 0.5) is 13.2 Å². The van der Waals surface area contributed by atoms with Gasteiger partial charge in [0.2, 0.25) is 0 Å². The summed E-state index contributed by atoms with van der Waals surface area (Å²) in [5.41, 5.74) is 0. The molecule has 0 heterocycles. The second-order valence-corrected chi connectivity index (χ2v) is 4.28. The summed E-state index contributed by atoms with van der Waals surface area (Å²) in [5.74, 6) is -1.97. The van der Waals surface area contributed by atoms with E-state index < -0.39 is 12.0 Å². The second-order valence-electron chi connectivity index (χ2n) is 4.28. The van der Waals surface area contributed by atoms with Crippen LogP contribution in [-0.2, 0) is 9.53 Å². The molecule has 0 spiro atoms. The number of hydrogen-bond acceptors (Lipinski definition) is 3. The Morgan fingerprint density at radius 3 is 2.44 bits per heavy atom. The van der Waals surface area contributed by atoms with Crippen LogP contribution in [0.2, 0.25) is 0 Å². The van der Waals surface area contributed by atoms with Crippen LogP contribution in [0.25, 0.3) is 0 Å². The Hall–Kier alpha value is -1.20. The number of nitrogens with one attached hydrogen (secondary N) is 1. The van der Waals surface area contributed by atoms with Crippen LogP contribution in [0.15, 0.2) is 12.0 Å². The van der Waals surface area contributed by atoms with Crippen LogP contribution in [0, 0.1) is 0 Å². The van der Waals surface area contributed by atoms with Gasteiger partial charge in [-0.15, -0.1) is 0 Å². The average Bonchev–Trinajstić information content (AvgIpc) is 2.29. The third-order valence-electron chi connectivity index (χ3n) is 2.79. The van der Waals surface area contributed by atoms with Crippen molar-refractivity contribution in [3.8, 4) is 0 Å². The molecule has 0 bridgehead atoms. The number of rotatable bonds is 5. The van der Waals surface area contributed by atoms with Gasteiger partial charge in [0.15, 0.2) is 5.88 Å². The molecule has 1 aliphatic carbocycles. The van der Waals surface area contributed by atoms with Crippen LogP contribution in [0.1, 0.15) is 39.0 Å². The van der Waals surface area contributed by atoms with Crippen molar-refractivity contribution in [1.29, 1.82) is 0 Å². The first-order valence-corrected chi connectivity index (χ1v) is 6.15. The summed E-state index contributed by atoms with van der Waals surface area (Å²) in [6.07, 6.45) is 0.672. The van der Waals surface area contributed by atoms with Crippen molar-refractivity contribution in [2.45, 2.75) is 51.2 Å². The van der Waals surface area contributed by atoms with Crippen LogP contribution < -0.4 is 5.32 Å². The van der Waals surface area contributed by atoms with E-state index in [0.29, 0.717) is 6.08 Å². The van der Waals surface area contributed by atoms with Crippen molar-refractivity contribution >= 4 is 5.78 Å². The summed E-state index contributed by atoms with van der Waals surface area (Å²) in [4.78, 5) is 10.9. The van der Waals surface area contributed by atoms with E-state index in [9.17, 15) is 18.0 Å². The third-order valence-corrected chi connectivity index (χ3v) is 2.79. The zero-order valence-corrected chi connectivity index (χ0v) is 10.3. The molecule has 0 amide bonds. The molecule has 6 heteroatoms. The first kappa shape index (κ1) is 14.9. The summed E-state index contributed by atoms with van der Waals surface area (Å²) < 4.78 is 41.5. The van der Waals surface area contributed by atoms with Crippen molar-refractivity contribution < 1.29 is 22.7 Å². The Morgan fingerprint density at radius 1 is 1.33 bits per heavy atom. The molecule has 18 heavy (non-hydrogen) atoms. The van der Waals surface area contributed by atoms with Crippen molar-refractivity contribution in [3.63, 3.8) is 0 Å². The number of carbonyl (C=O) groups is 1. The first-order chi connectivity index (χ1) is 8.43. The average molecular weight is 265 g/mol. The maximum Gasteiger partial charge on any atom is 0.454 e. The summed E-state index contributed by atoms with van der Waals surface area (Å²) in [6, 6.07) is 0.0950. The van der Waals surface area contributed by atoms with Gasteiger partial charge in [-0.05, 0) is 19.8 Å². The van der Waals surface area contributed by atoms with Crippen molar-refractivity contribution in [1.82, 2.24) is 5.32 Å². The molecule has 0 aromatic rings. The van der Waals surface area contributed by atoms with Crippen LogP contribution in [0.5, 0.6) is 0 Å². The Labute approximate surface area is 104 Å². The van der Waals surface area contributed by atoms with Gasteiger partial charge in [-0.2, -0.15) is 13.2 Å². The number of ketones is 1. The van der Waals surface area contributed by atoms with E-state index in [4.69, 9.17) is 4.74 Å². The lowest BCUT2D eigenvalue weighted by Gasteiger charge is -2.25. The van der Waals surface area contributed by atoms with E-state index in [-0.39, 0.29) is 18.5 Å². The predicted octanol–water partition coefficient (Wildman–Crippen LogP) is 2.92. The zero-order valence-electron chi connectivity index (χ0n) is 10.3. The number of hydrogen-bond donors (Lipinski definition) is 1. The molecule has 0 aliphatic heterocycles. The van der Waals surface area contributed by atoms with Crippen LogP contribution in [0.3, 0.4) is 0 Å². The van der Waals surface area contributed by atoms with Crippen molar-refractivity contribution in [3.05, 3.63) is 12.0 Å². The van der Waals surface area contributed by atoms with Gasteiger partial charge >= 0.3 is 6.18 Å². The van der Waals surface area contributed by atoms with E-state index in [1.165, 1.54) is 0 Å². The lowest BCUT2D eigenvalue weighted by atomic mass is 9.96. The highest BCUT2D eigenvalue weighted by atomic mass is 19.4. The lowest BCUT2D eigenvalue weighted by molar-refractivity contribution is -0.165. The molecule has 1 aliphatic rings. The van der Waals surface area contributed by atoms with Gasteiger partial charge in [0.25, 0.3) is 5.78 Å². The number of alkyl halides is 3. The zero-order chi connectivity index (χ0) is 13.6. The normalized spacial score (nSPS) is 18.6. The van der Waals surface area contributed by atoms with Gasteiger partial charge in [0, 0.05) is 6.04 Å². The number of ether oxygens (including phenoxy) is 1. The van der Waals surface area contributed by atoms with Crippen molar-refractivity contribution in [2.24, 2.45) is 0 Å². The Balaban J connectivity index is 2.63. The number of carbonyl (C=O) groups excluding carboxylic acids is 1. The van der Waals surface area contributed by atoms with Crippen molar-refractivity contribution in [2.75, 3.05) is 6.61 Å². The molecule has 104 valence electrons. The summed E-state index contributed by atoms with van der Waals surface area (Å²) in [5, 5.41) is 2.88. The van der Waals surface area contributed by atoms with E-state index in [1.807, 2.05) is 0 Å². The summed E-state index contributed by atoms with van der Waals surface area (Å²) >= 11 is 0. The molecule has 0 radical (unpaired) electrons. The SMILES string of the molecule is CCO/C(=C/C(=O)C(F)(F)F)NC1CCCCC1. The predicted molar refractivity (Wildman–Crippen MR) is 60.8 cm³/mol. The molecule has 3 nitrogen and oxygen atoms in total. The lowest BCUT2D eigenvalue weighted by Crippen LogP contribution is -2.33. The molecule has 1 saturated carbocycles. The quantitative estimate of drug-likeness (QED) is 0.613. The Kier molecular flexibility index (Phi) is 5.50. The number of allylic oxidation sites excluding steroid dienone is 1. The highest BCUT2D eigenvalue weighted by Gasteiger charge is 2.37. The van der Waals surface area contributed by atoms with Gasteiger partial charge in [-0.1, -0.05) is 19.3 Å². The van der Waals surface area contributed by atoms with E-state index in [0.717, 1.165) is 32.1 Å². The number of halogens is 3. The molecule has 0 unspecified atom stereocenters. The molecule has 1 fully saturated rings. The standard InChI is InChI=1S/C12H18F3NO2/c1-2-18-11(8-10(17)12(13,14)15)16-9-6-4-3-5-7-9/h8-9,16H,2-7H2,1H3/b11-8+. The van der Waals surface area contributed by atoms with Gasteiger partial charge in [-0.25, -0.2) is 0 Å². The molecule has 1 N–H and O–H groups in total. The third kappa shape index (κ3) is 4.98. The smallest absolute Gasteiger partial charge is 0.454 e. The van der Waals surface area contributed by atoms with E-state index in [1.54, 1.807) is 6.92 Å². The molecule has 0 saturated heterocycles. The highest BCUT2D eigenvalue weighted by molar-refractivity contribution is 5.94. The minimum absolute atomic E-state index is 0.0771. The monoisotopic (exact) mass is 265 g/mol. The minimum Gasteiger partial charge on any atom is -0.479 e. The fourth-order valence-corrected chi connectivity index (χ4v) is 1.93.